The summed E-state index contributed by atoms with van der Waals surface area (Å²) in [6.45, 7) is 0.879. The smallest absolute Gasteiger partial charge is 0.321 e. The normalized spacial score (nSPS) is 23.6. The van der Waals surface area contributed by atoms with Crippen molar-refractivity contribution in [1.82, 2.24) is 0 Å². The van der Waals surface area contributed by atoms with Crippen molar-refractivity contribution in [3.8, 4) is 0 Å². The van der Waals surface area contributed by atoms with E-state index in [1.165, 1.54) is 0 Å². The number of hydrogen-bond donors (Lipinski definition) is 2. The molecule has 0 aromatic rings. The summed E-state index contributed by atoms with van der Waals surface area (Å²) in [4.78, 5) is 10.4. The number of thioether (sulfide) groups is 1. The topological polar surface area (TPSA) is 72.5 Å². The third kappa shape index (κ3) is 4.30. The summed E-state index contributed by atoms with van der Waals surface area (Å²) in [6.07, 6.45) is 3.70. The van der Waals surface area contributed by atoms with E-state index in [-0.39, 0.29) is 0 Å². The van der Waals surface area contributed by atoms with Gasteiger partial charge in [-0.1, -0.05) is 0 Å². The fourth-order valence-corrected chi connectivity index (χ4v) is 2.36. The average molecular weight is 219 g/mol. The van der Waals surface area contributed by atoms with Gasteiger partial charge in [0.25, 0.3) is 0 Å². The van der Waals surface area contributed by atoms with Gasteiger partial charge < -0.3 is 15.6 Å². The first-order valence-electron chi connectivity index (χ1n) is 4.88. The summed E-state index contributed by atoms with van der Waals surface area (Å²) in [5.41, 5.74) is 5.36. The molecule has 0 amide bonds. The van der Waals surface area contributed by atoms with Gasteiger partial charge in [0, 0.05) is 12.4 Å². The van der Waals surface area contributed by atoms with Crippen molar-refractivity contribution >= 4 is 17.7 Å². The van der Waals surface area contributed by atoms with Crippen molar-refractivity contribution < 1.29 is 14.6 Å². The number of carboxylic acids is 1. The largest absolute Gasteiger partial charge is 0.480 e. The SMILES string of the molecule is N[C@@H](CSCCC1CCCO1)C(=O)O. The minimum absolute atomic E-state index is 0.392. The maximum absolute atomic E-state index is 10.4. The molecule has 0 aromatic carbocycles. The molecular weight excluding hydrogens is 202 g/mol. The van der Waals surface area contributed by atoms with Gasteiger partial charge in [-0.05, 0) is 25.0 Å². The first-order valence-corrected chi connectivity index (χ1v) is 6.03. The van der Waals surface area contributed by atoms with Gasteiger partial charge in [-0.3, -0.25) is 4.79 Å². The van der Waals surface area contributed by atoms with Crippen molar-refractivity contribution in [3.05, 3.63) is 0 Å². The van der Waals surface area contributed by atoms with Crippen LogP contribution in [0.1, 0.15) is 19.3 Å². The monoisotopic (exact) mass is 219 g/mol. The van der Waals surface area contributed by atoms with E-state index in [1.54, 1.807) is 11.8 Å². The summed E-state index contributed by atoms with van der Waals surface area (Å²) in [5.74, 6) is 0.503. The Bertz CT molecular complexity index is 183. The summed E-state index contributed by atoms with van der Waals surface area (Å²) in [7, 11) is 0. The molecule has 0 saturated carbocycles. The van der Waals surface area contributed by atoms with Crippen LogP contribution in [0.4, 0.5) is 0 Å². The van der Waals surface area contributed by atoms with E-state index >= 15 is 0 Å². The van der Waals surface area contributed by atoms with Crippen molar-refractivity contribution in [2.24, 2.45) is 5.73 Å². The number of carboxylic acid groups (broad SMARTS) is 1. The maximum atomic E-state index is 10.4. The lowest BCUT2D eigenvalue weighted by Gasteiger charge is -2.09. The van der Waals surface area contributed by atoms with E-state index in [2.05, 4.69) is 0 Å². The van der Waals surface area contributed by atoms with Gasteiger partial charge >= 0.3 is 5.97 Å². The highest BCUT2D eigenvalue weighted by molar-refractivity contribution is 7.99. The highest BCUT2D eigenvalue weighted by Crippen LogP contribution is 2.17. The fraction of sp³-hybridized carbons (Fsp3) is 0.889. The maximum Gasteiger partial charge on any atom is 0.321 e. The third-order valence-corrected chi connectivity index (χ3v) is 3.34. The van der Waals surface area contributed by atoms with E-state index in [0.29, 0.717) is 11.9 Å². The first kappa shape index (κ1) is 11.8. The summed E-state index contributed by atoms with van der Waals surface area (Å²) >= 11 is 1.59. The summed E-state index contributed by atoms with van der Waals surface area (Å²) in [6, 6.07) is -0.732. The third-order valence-electron chi connectivity index (χ3n) is 2.22. The molecule has 2 atom stereocenters. The molecule has 1 heterocycles. The van der Waals surface area contributed by atoms with Gasteiger partial charge in [0.05, 0.1) is 6.10 Å². The van der Waals surface area contributed by atoms with Gasteiger partial charge in [-0.2, -0.15) is 11.8 Å². The Labute approximate surface area is 88.2 Å². The fourth-order valence-electron chi connectivity index (χ4n) is 1.37. The van der Waals surface area contributed by atoms with Gasteiger partial charge in [0.1, 0.15) is 6.04 Å². The van der Waals surface area contributed by atoms with E-state index in [1.807, 2.05) is 0 Å². The Kier molecular flexibility index (Phi) is 5.29. The molecule has 1 aliphatic heterocycles. The molecule has 0 radical (unpaired) electrons. The van der Waals surface area contributed by atoms with Crippen LogP contribution >= 0.6 is 11.8 Å². The molecule has 1 saturated heterocycles. The van der Waals surface area contributed by atoms with Crippen LogP contribution in [0.25, 0.3) is 0 Å². The zero-order chi connectivity index (χ0) is 10.4. The molecule has 1 fully saturated rings. The number of nitrogens with two attached hydrogens (primary N) is 1. The van der Waals surface area contributed by atoms with E-state index in [0.717, 1.165) is 31.6 Å². The molecule has 0 spiro atoms. The number of aliphatic carboxylic acids is 1. The Morgan fingerprint density at radius 1 is 1.71 bits per heavy atom. The second kappa shape index (κ2) is 6.27. The van der Waals surface area contributed by atoms with Crippen molar-refractivity contribution in [1.29, 1.82) is 0 Å². The number of hydrogen-bond acceptors (Lipinski definition) is 4. The van der Waals surface area contributed by atoms with Gasteiger partial charge in [0.15, 0.2) is 0 Å². The molecule has 0 aromatic heterocycles. The Balaban J connectivity index is 1.95. The average Bonchev–Trinajstić information content (AvgIpc) is 2.64. The molecule has 14 heavy (non-hydrogen) atoms. The Morgan fingerprint density at radius 3 is 3.07 bits per heavy atom. The van der Waals surface area contributed by atoms with Crippen LogP contribution in [0.15, 0.2) is 0 Å². The minimum Gasteiger partial charge on any atom is -0.480 e. The van der Waals surface area contributed by atoms with Crippen LogP contribution in [0.2, 0.25) is 0 Å². The summed E-state index contributed by atoms with van der Waals surface area (Å²) in [5, 5.41) is 8.53. The van der Waals surface area contributed by atoms with Crippen molar-refractivity contribution in [3.63, 3.8) is 0 Å². The molecule has 0 aliphatic carbocycles. The molecule has 1 aliphatic rings. The van der Waals surface area contributed by atoms with Gasteiger partial charge in [0.2, 0.25) is 0 Å². The number of rotatable bonds is 6. The van der Waals surface area contributed by atoms with Crippen LogP contribution < -0.4 is 5.73 Å². The minimum atomic E-state index is -0.922. The van der Waals surface area contributed by atoms with Crippen molar-refractivity contribution in [2.45, 2.75) is 31.4 Å². The van der Waals surface area contributed by atoms with Crippen LogP contribution in [-0.2, 0) is 9.53 Å². The predicted octanol–water partition coefficient (Wildman–Crippen LogP) is 0.701. The van der Waals surface area contributed by atoms with Crippen LogP contribution in [-0.4, -0.2) is 41.3 Å². The zero-order valence-corrected chi connectivity index (χ0v) is 8.96. The molecule has 0 bridgehead atoms. The molecule has 3 N–H and O–H groups in total. The number of ether oxygens (including phenoxy) is 1. The molecule has 1 rings (SSSR count). The van der Waals surface area contributed by atoms with Gasteiger partial charge in [-0.15, -0.1) is 0 Å². The first-order chi connectivity index (χ1) is 6.70. The Hall–Kier alpha value is -0.260. The van der Waals surface area contributed by atoms with Crippen LogP contribution in [0, 0.1) is 0 Å². The molecule has 82 valence electrons. The summed E-state index contributed by atoms with van der Waals surface area (Å²) < 4.78 is 5.45. The van der Waals surface area contributed by atoms with Crippen LogP contribution in [0.5, 0.6) is 0 Å². The van der Waals surface area contributed by atoms with Crippen molar-refractivity contribution in [2.75, 3.05) is 18.1 Å². The lowest BCUT2D eigenvalue weighted by Crippen LogP contribution is -2.32. The zero-order valence-electron chi connectivity index (χ0n) is 8.15. The van der Waals surface area contributed by atoms with Gasteiger partial charge in [-0.25, -0.2) is 0 Å². The highest BCUT2D eigenvalue weighted by Gasteiger charge is 2.16. The molecular formula is C9H17NO3S. The quantitative estimate of drug-likeness (QED) is 0.643. The standard InChI is InChI=1S/C9H17NO3S/c10-8(9(11)12)6-14-5-3-7-2-1-4-13-7/h7-8H,1-6,10H2,(H,11,12)/t7?,8-/m0/s1. The molecule has 4 nitrogen and oxygen atoms in total. The lowest BCUT2D eigenvalue weighted by molar-refractivity contribution is -0.137. The van der Waals surface area contributed by atoms with E-state index in [9.17, 15) is 4.79 Å². The lowest BCUT2D eigenvalue weighted by atomic mass is 10.2. The van der Waals surface area contributed by atoms with E-state index in [4.69, 9.17) is 15.6 Å². The predicted molar refractivity (Wildman–Crippen MR) is 56.5 cm³/mol. The molecule has 1 unspecified atom stereocenters. The van der Waals surface area contributed by atoms with E-state index < -0.39 is 12.0 Å². The second-order valence-corrected chi connectivity index (χ2v) is 4.59. The van der Waals surface area contributed by atoms with Crippen LogP contribution in [0.3, 0.4) is 0 Å². The second-order valence-electron chi connectivity index (χ2n) is 3.44. The Morgan fingerprint density at radius 2 is 2.50 bits per heavy atom. The highest BCUT2D eigenvalue weighted by atomic mass is 32.2. The molecule has 5 heteroatoms. The number of carbonyl (C=O) groups is 1.